The molecule has 0 amide bonds. The van der Waals surface area contributed by atoms with E-state index >= 15 is 0 Å². The third-order valence-corrected chi connectivity index (χ3v) is 4.42. The van der Waals surface area contributed by atoms with Gasteiger partial charge in [0, 0.05) is 6.42 Å². The number of hydrogen-bond acceptors (Lipinski definition) is 4. The fourth-order valence-electron chi connectivity index (χ4n) is 3.13. The maximum Gasteiger partial charge on any atom is 0.324 e. The van der Waals surface area contributed by atoms with Crippen molar-refractivity contribution < 1.29 is 19.4 Å². The summed E-state index contributed by atoms with van der Waals surface area (Å²) in [6.07, 6.45) is 2.62. The van der Waals surface area contributed by atoms with E-state index in [4.69, 9.17) is 9.47 Å². The van der Waals surface area contributed by atoms with E-state index in [2.05, 4.69) is 4.90 Å². The monoisotopic (exact) mass is 291 g/mol. The lowest BCUT2D eigenvalue weighted by atomic mass is 9.91. The normalized spacial score (nSPS) is 21.0. The average molecular weight is 291 g/mol. The number of nitrogens with zero attached hydrogens (tertiary/aromatic N) is 1. The molecular formula is C16H21NO4. The highest BCUT2D eigenvalue weighted by molar-refractivity contribution is 5.79. The van der Waals surface area contributed by atoms with Crippen molar-refractivity contribution >= 4 is 5.97 Å². The van der Waals surface area contributed by atoms with Gasteiger partial charge in [-0.15, -0.1) is 0 Å². The van der Waals surface area contributed by atoms with E-state index in [1.807, 2.05) is 25.1 Å². The van der Waals surface area contributed by atoms with Crippen LogP contribution in [-0.4, -0.2) is 47.8 Å². The molecule has 0 aromatic heterocycles. The van der Waals surface area contributed by atoms with Gasteiger partial charge in [-0.05, 0) is 50.6 Å². The fraction of sp³-hybridized carbons (Fsp3) is 0.562. The molecule has 0 bridgehead atoms. The Morgan fingerprint density at radius 3 is 2.57 bits per heavy atom. The van der Waals surface area contributed by atoms with E-state index in [-0.39, 0.29) is 0 Å². The molecule has 1 unspecified atom stereocenters. The van der Waals surface area contributed by atoms with Crippen LogP contribution in [-0.2, 0) is 11.2 Å². The number of benzene rings is 1. The quantitative estimate of drug-likeness (QED) is 0.918. The van der Waals surface area contributed by atoms with Crippen LogP contribution >= 0.6 is 0 Å². The van der Waals surface area contributed by atoms with Gasteiger partial charge in [0.25, 0.3) is 0 Å². The van der Waals surface area contributed by atoms with E-state index < -0.39 is 11.5 Å². The Morgan fingerprint density at radius 1 is 1.24 bits per heavy atom. The molecule has 21 heavy (non-hydrogen) atoms. The zero-order valence-electron chi connectivity index (χ0n) is 12.3. The molecule has 5 heteroatoms. The van der Waals surface area contributed by atoms with Gasteiger partial charge in [-0.1, -0.05) is 6.07 Å². The van der Waals surface area contributed by atoms with Crippen LogP contribution in [0.1, 0.15) is 25.3 Å². The first-order valence-corrected chi connectivity index (χ1v) is 7.46. The molecule has 1 aromatic carbocycles. The number of carbonyl (C=O) groups is 1. The van der Waals surface area contributed by atoms with Crippen LogP contribution in [0.3, 0.4) is 0 Å². The summed E-state index contributed by atoms with van der Waals surface area (Å²) in [4.78, 5) is 13.9. The second-order valence-corrected chi connectivity index (χ2v) is 5.93. The molecular weight excluding hydrogens is 270 g/mol. The smallest absolute Gasteiger partial charge is 0.324 e. The maximum absolute atomic E-state index is 11.8. The minimum Gasteiger partial charge on any atom is -0.486 e. The lowest BCUT2D eigenvalue weighted by molar-refractivity contribution is -0.149. The van der Waals surface area contributed by atoms with Crippen molar-refractivity contribution in [3.05, 3.63) is 23.8 Å². The third-order valence-electron chi connectivity index (χ3n) is 4.42. The van der Waals surface area contributed by atoms with E-state index in [0.29, 0.717) is 25.4 Å². The zero-order chi connectivity index (χ0) is 14.9. The van der Waals surface area contributed by atoms with Gasteiger partial charge in [-0.3, -0.25) is 9.69 Å². The molecule has 2 aliphatic rings. The highest BCUT2D eigenvalue weighted by atomic mass is 16.6. The van der Waals surface area contributed by atoms with Crippen LogP contribution in [0.4, 0.5) is 0 Å². The molecule has 2 aliphatic heterocycles. The van der Waals surface area contributed by atoms with E-state index in [1.165, 1.54) is 0 Å². The number of carboxylic acid groups (broad SMARTS) is 1. The Morgan fingerprint density at radius 2 is 1.90 bits per heavy atom. The second-order valence-electron chi connectivity index (χ2n) is 5.93. The van der Waals surface area contributed by atoms with Crippen molar-refractivity contribution in [3.8, 4) is 11.5 Å². The van der Waals surface area contributed by atoms with Gasteiger partial charge in [-0.2, -0.15) is 0 Å². The van der Waals surface area contributed by atoms with E-state index in [0.717, 1.165) is 37.2 Å². The molecule has 0 saturated carbocycles. The number of fused-ring (bicyclic) bond motifs is 1. The molecule has 114 valence electrons. The van der Waals surface area contributed by atoms with Gasteiger partial charge in [0.2, 0.25) is 0 Å². The van der Waals surface area contributed by atoms with Crippen LogP contribution < -0.4 is 9.47 Å². The molecule has 3 rings (SSSR count). The van der Waals surface area contributed by atoms with Crippen LogP contribution in [0.25, 0.3) is 0 Å². The molecule has 0 aliphatic carbocycles. The first-order valence-electron chi connectivity index (χ1n) is 7.46. The summed E-state index contributed by atoms with van der Waals surface area (Å²) >= 11 is 0. The molecule has 0 spiro atoms. The SMILES string of the molecule is CC(Cc1ccc2c(c1)OCCO2)(C(=O)O)N1CCCC1. The largest absolute Gasteiger partial charge is 0.486 e. The predicted octanol–water partition coefficient (Wildman–Crippen LogP) is 1.94. The molecule has 1 saturated heterocycles. The summed E-state index contributed by atoms with van der Waals surface area (Å²) in [5.41, 5.74) is 0.108. The fourth-order valence-corrected chi connectivity index (χ4v) is 3.13. The van der Waals surface area contributed by atoms with Crippen LogP contribution in [0.15, 0.2) is 18.2 Å². The van der Waals surface area contributed by atoms with Gasteiger partial charge in [0.05, 0.1) is 0 Å². The van der Waals surface area contributed by atoms with Crippen molar-refractivity contribution in [1.82, 2.24) is 4.90 Å². The van der Waals surface area contributed by atoms with Crippen molar-refractivity contribution in [2.75, 3.05) is 26.3 Å². The first kappa shape index (κ1) is 14.2. The number of ether oxygens (including phenoxy) is 2. The van der Waals surface area contributed by atoms with Crippen LogP contribution in [0, 0.1) is 0 Å². The Balaban J connectivity index is 1.84. The second kappa shape index (κ2) is 5.56. The van der Waals surface area contributed by atoms with Crippen molar-refractivity contribution in [3.63, 3.8) is 0 Å². The van der Waals surface area contributed by atoms with Crippen molar-refractivity contribution in [1.29, 1.82) is 0 Å². The van der Waals surface area contributed by atoms with Gasteiger partial charge < -0.3 is 14.6 Å². The number of aliphatic carboxylic acids is 1. The molecule has 1 N–H and O–H groups in total. The molecule has 5 nitrogen and oxygen atoms in total. The summed E-state index contributed by atoms with van der Waals surface area (Å²) in [7, 11) is 0. The summed E-state index contributed by atoms with van der Waals surface area (Å²) < 4.78 is 11.1. The lowest BCUT2D eigenvalue weighted by Gasteiger charge is -2.35. The van der Waals surface area contributed by atoms with Crippen molar-refractivity contribution in [2.24, 2.45) is 0 Å². The zero-order valence-corrected chi connectivity index (χ0v) is 12.3. The van der Waals surface area contributed by atoms with E-state index in [1.54, 1.807) is 0 Å². The van der Waals surface area contributed by atoms with Gasteiger partial charge in [0.1, 0.15) is 18.8 Å². The van der Waals surface area contributed by atoms with Gasteiger partial charge >= 0.3 is 5.97 Å². The van der Waals surface area contributed by atoms with Crippen LogP contribution in [0.2, 0.25) is 0 Å². The lowest BCUT2D eigenvalue weighted by Crippen LogP contribution is -2.52. The number of carboxylic acids is 1. The summed E-state index contributed by atoms with van der Waals surface area (Å²) in [6.45, 7) is 4.63. The molecule has 1 fully saturated rings. The summed E-state index contributed by atoms with van der Waals surface area (Å²) in [6, 6.07) is 5.71. The molecule has 2 heterocycles. The number of hydrogen-bond donors (Lipinski definition) is 1. The molecule has 0 radical (unpaired) electrons. The Bertz CT molecular complexity index is 539. The topological polar surface area (TPSA) is 59.0 Å². The Hall–Kier alpha value is -1.75. The van der Waals surface area contributed by atoms with Gasteiger partial charge in [-0.25, -0.2) is 0 Å². The Labute approximate surface area is 124 Å². The minimum atomic E-state index is -0.861. The highest BCUT2D eigenvalue weighted by Crippen LogP contribution is 2.33. The van der Waals surface area contributed by atoms with Crippen LogP contribution in [0.5, 0.6) is 11.5 Å². The average Bonchev–Trinajstić information content (AvgIpc) is 3.01. The highest BCUT2D eigenvalue weighted by Gasteiger charge is 2.40. The summed E-state index contributed by atoms with van der Waals surface area (Å²) in [5.74, 6) is 0.690. The number of likely N-dealkylation sites (tertiary alicyclic amines) is 1. The number of rotatable bonds is 4. The van der Waals surface area contributed by atoms with Crippen molar-refractivity contribution in [2.45, 2.75) is 31.7 Å². The minimum absolute atomic E-state index is 0.471. The van der Waals surface area contributed by atoms with E-state index in [9.17, 15) is 9.90 Å². The third kappa shape index (κ3) is 2.70. The first-order chi connectivity index (χ1) is 10.1. The standard InChI is InChI=1S/C16H21NO4/c1-16(15(18)19,17-6-2-3-7-17)11-12-4-5-13-14(10-12)21-9-8-20-13/h4-5,10H,2-3,6-9,11H2,1H3,(H,18,19). The Kier molecular flexibility index (Phi) is 3.76. The summed E-state index contributed by atoms with van der Waals surface area (Å²) in [5, 5.41) is 9.70. The van der Waals surface area contributed by atoms with Gasteiger partial charge in [0.15, 0.2) is 11.5 Å². The molecule has 1 aromatic rings. The predicted molar refractivity (Wildman–Crippen MR) is 78.0 cm³/mol. The maximum atomic E-state index is 11.8. The molecule has 1 atom stereocenters.